The Labute approximate surface area is 140 Å². The van der Waals surface area contributed by atoms with Gasteiger partial charge in [-0.2, -0.15) is 0 Å². The highest BCUT2D eigenvalue weighted by atomic mass is 28.4. The lowest BCUT2D eigenvalue weighted by Crippen LogP contribution is -2.52. The molecule has 6 nitrogen and oxygen atoms in total. The molecule has 0 unspecified atom stereocenters. The zero-order chi connectivity index (χ0) is 18.2. The van der Waals surface area contributed by atoms with Gasteiger partial charge in [0.05, 0.1) is 6.10 Å². The van der Waals surface area contributed by atoms with Crippen molar-refractivity contribution in [2.45, 2.75) is 83.0 Å². The molecule has 1 aliphatic heterocycles. The fourth-order valence-electron chi connectivity index (χ4n) is 2.22. The molecule has 0 aromatic carbocycles. The second-order valence-electron chi connectivity index (χ2n) is 7.99. The highest BCUT2D eigenvalue weighted by Crippen LogP contribution is 2.39. The minimum atomic E-state index is -2.13. The first-order valence-electron chi connectivity index (χ1n) is 7.85. The van der Waals surface area contributed by atoms with E-state index in [2.05, 4.69) is 40.4 Å². The third-order valence-corrected chi connectivity index (χ3v) is 9.03. The predicted molar refractivity (Wildman–Crippen MR) is 91.3 cm³/mol. The van der Waals surface area contributed by atoms with E-state index in [1.54, 1.807) is 13.8 Å². The molecule has 0 saturated carbocycles. The van der Waals surface area contributed by atoms with Gasteiger partial charge in [0, 0.05) is 0 Å². The lowest BCUT2D eigenvalue weighted by molar-refractivity contribution is -0.162. The average molecular weight is 346 g/mol. The molecule has 1 aliphatic rings. The molecule has 0 bridgehead atoms. The van der Waals surface area contributed by atoms with Crippen molar-refractivity contribution >= 4 is 14.2 Å². The van der Waals surface area contributed by atoms with Crippen molar-refractivity contribution in [2.75, 3.05) is 0 Å². The fraction of sp³-hybridized carbons (Fsp3) is 0.812. The van der Waals surface area contributed by atoms with Crippen LogP contribution in [-0.4, -0.2) is 49.5 Å². The highest BCUT2D eigenvalue weighted by Gasteiger charge is 2.50. The first-order valence-corrected chi connectivity index (χ1v) is 10.8. The molecule has 0 aromatic heterocycles. The second kappa shape index (κ2) is 6.64. The van der Waals surface area contributed by atoms with E-state index in [9.17, 15) is 9.90 Å². The molecule has 1 saturated heterocycles. The van der Waals surface area contributed by atoms with Gasteiger partial charge in [0.2, 0.25) is 5.91 Å². The summed E-state index contributed by atoms with van der Waals surface area (Å²) >= 11 is 0. The van der Waals surface area contributed by atoms with Crippen molar-refractivity contribution in [3.8, 4) is 0 Å². The minimum Gasteiger partial charge on any atom is -0.408 e. The van der Waals surface area contributed by atoms with Crippen LogP contribution in [0.1, 0.15) is 34.6 Å². The molecule has 1 rings (SSSR count). The number of hydrogen-bond donors (Lipinski definition) is 2. The van der Waals surface area contributed by atoms with Gasteiger partial charge in [-0.15, -0.1) is 6.58 Å². The van der Waals surface area contributed by atoms with Gasteiger partial charge in [0.15, 0.2) is 20.2 Å². The molecular formula is C16H31NO5Si. The van der Waals surface area contributed by atoms with E-state index < -0.39 is 44.4 Å². The molecule has 3 N–H and O–H groups in total. The Morgan fingerprint density at radius 3 is 2.30 bits per heavy atom. The van der Waals surface area contributed by atoms with Gasteiger partial charge in [-0.25, -0.2) is 0 Å². The van der Waals surface area contributed by atoms with Crippen LogP contribution in [0.25, 0.3) is 0 Å². The number of primary amides is 1. The number of ether oxygens (including phenoxy) is 2. The summed E-state index contributed by atoms with van der Waals surface area (Å²) in [5.41, 5.74) is 5.37. The Morgan fingerprint density at radius 1 is 1.39 bits per heavy atom. The Bertz CT molecular complexity index is 458. The number of carbonyl (C=O) groups is 1. The minimum absolute atomic E-state index is 0.0244. The maximum Gasteiger partial charge on any atom is 0.249 e. The van der Waals surface area contributed by atoms with Crippen molar-refractivity contribution in [1.82, 2.24) is 0 Å². The molecule has 0 aromatic rings. The number of nitrogens with two attached hydrogens (primary N) is 1. The van der Waals surface area contributed by atoms with Crippen molar-refractivity contribution in [3.05, 3.63) is 12.7 Å². The van der Waals surface area contributed by atoms with Crippen LogP contribution in [0.3, 0.4) is 0 Å². The van der Waals surface area contributed by atoms with Gasteiger partial charge >= 0.3 is 0 Å². The van der Waals surface area contributed by atoms with Crippen LogP contribution >= 0.6 is 0 Å². The number of carbonyl (C=O) groups excluding carboxylic acids is 1. The molecule has 1 heterocycles. The quantitative estimate of drug-likeness (QED) is 0.567. The van der Waals surface area contributed by atoms with E-state index >= 15 is 0 Å². The van der Waals surface area contributed by atoms with Crippen LogP contribution in [0.5, 0.6) is 0 Å². The number of hydrogen-bond acceptors (Lipinski definition) is 5. The standard InChI is InChI=1S/C16H31NO5Si/c1-9-10(22-23(7,8)15(2,3)4)11(18)12-13(14(17)19)21-16(5,6)20-12/h9-13,18H,1H2,2-8H3,(H2,17,19)/t10-,11-,12+,13-/m0/s1. The summed E-state index contributed by atoms with van der Waals surface area (Å²) in [7, 11) is -2.13. The third kappa shape index (κ3) is 4.64. The Morgan fingerprint density at radius 2 is 1.91 bits per heavy atom. The van der Waals surface area contributed by atoms with Crippen LogP contribution in [-0.2, 0) is 18.7 Å². The van der Waals surface area contributed by atoms with Crippen LogP contribution in [0, 0.1) is 0 Å². The molecule has 1 amide bonds. The summed E-state index contributed by atoms with van der Waals surface area (Å²) in [5, 5.41) is 10.7. The summed E-state index contributed by atoms with van der Waals surface area (Å²) in [6.07, 6.45) is -2.14. The normalized spacial score (nSPS) is 27.5. The van der Waals surface area contributed by atoms with Crippen LogP contribution < -0.4 is 5.73 Å². The Kier molecular flexibility index (Phi) is 5.87. The van der Waals surface area contributed by atoms with Gasteiger partial charge in [-0.3, -0.25) is 4.79 Å². The number of amides is 1. The molecule has 23 heavy (non-hydrogen) atoms. The highest BCUT2D eigenvalue weighted by molar-refractivity contribution is 6.74. The fourth-order valence-corrected chi connectivity index (χ4v) is 3.49. The molecule has 4 atom stereocenters. The van der Waals surface area contributed by atoms with Gasteiger partial charge in [0.25, 0.3) is 0 Å². The summed E-state index contributed by atoms with van der Waals surface area (Å²) in [6.45, 7) is 17.6. The molecular weight excluding hydrogens is 314 g/mol. The number of aliphatic hydroxyl groups is 1. The summed E-state index contributed by atoms with van der Waals surface area (Å²) in [4.78, 5) is 11.6. The molecule has 0 spiro atoms. The van der Waals surface area contributed by atoms with Gasteiger partial charge < -0.3 is 24.7 Å². The van der Waals surface area contributed by atoms with E-state index in [-0.39, 0.29) is 5.04 Å². The monoisotopic (exact) mass is 345 g/mol. The van der Waals surface area contributed by atoms with Gasteiger partial charge in [0.1, 0.15) is 12.2 Å². The van der Waals surface area contributed by atoms with Crippen molar-refractivity contribution in [1.29, 1.82) is 0 Å². The van der Waals surface area contributed by atoms with E-state index in [4.69, 9.17) is 19.6 Å². The first-order chi connectivity index (χ1) is 10.2. The van der Waals surface area contributed by atoms with Crippen LogP contribution in [0.4, 0.5) is 0 Å². The topological polar surface area (TPSA) is 91.0 Å². The van der Waals surface area contributed by atoms with Crippen molar-refractivity contribution < 1.29 is 23.8 Å². The molecule has 0 aliphatic carbocycles. The first kappa shape index (κ1) is 20.3. The summed E-state index contributed by atoms with van der Waals surface area (Å²) in [5.74, 6) is -1.66. The SMILES string of the molecule is C=C[C@H](O[Si](C)(C)C(C)(C)C)[C@H](O)[C@H]1OC(C)(C)O[C@@H]1C(N)=O. The van der Waals surface area contributed by atoms with Crippen LogP contribution in [0.2, 0.25) is 18.1 Å². The molecule has 0 radical (unpaired) electrons. The lowest BCUT2D eigenvalue weighted by atomic mass is 10.0. The zero-order valence-electron chi connectivity index (χ0n) is 15.3. The predicted octanol–water partition coefficient (Wildman–Crippen LogP) is 1.93. The average Bonchev–Trinajstić information content (AvgIpc) is 2.70. The third-order valence-electron chi connectivity index (χ3n) is 4.55. The van der Waals surface area contributed by atoms with Crippen molar-refractivity contribution in [3.63, 3.8) is 0 Å². The largest absolute Gasteiger partial charge is 0.408 e. The Hall–Kier alpha value is -0.733. The summed E-state index contributed by atoms with van der Waals surface area (Å²) in [6, 6.07) is 0. The van der Waals surface area contributed by atoms with Gasteiger partial charge in [-0.1, -0.05) is 26.8 Å². The number of rotatable bonds is 6. The number of aliphatic hydroxyl groups excluding tert-OH is 1. The van der Waals surface area contributed by atoms with E-state index in [0.717, 1.165) is 0 Å². The van der Waals surface area contributed by atoms with E-state index in [0.29, 0.717) is 0 Å². The van der Waals surface area contributed by atoms with E-state index in [1.165, 1.54) is 6.08 Å². The van der Waals surface area contributed by atoms with Crippen LogP contribution in [0.15, 0.2) is 12.7 Å². The molecule has 1 fully saturated rings. The van der Waals surface area contributed by atoms with Crippen molar-refractivity contribution in [2.24, 2.45) is 5.73 Å². The maximum absolute atomic E-state index is 11.6. The zero-order valence-corrected chi connectivity index (χ0v) is 16.3. The maximum atomic E-state index is 11.6. The smallest absolute Gasteiger partial charge is 0.249 e. The molecule has 7 heteroatoms. The van der Waals surface area contributed by atoms with E-state index in [1.807, 2.05) is 0 Å². The Balaban J connectivity index is 2.98. The molecule has 134 valence electrons. The second-order valence-corrected chi connectivity index (χ2v) is 12.7. The van der Waals surface area contributed by atoms with Gasteiger partial charge in [-0.05, 0) is 32.0 Å². The lowest BCUT2D eigenvalue weighted by Gasteiger charge is -2.40. The summed E-state index contributed by atoms with van der Waals surface area (Å²) < 4.78 is 17.4.